The van der Waals surface area contributed by atoms with Gasteiger partial charge in [-0.15, -0.1) is 5.10 Å². The van der Waals surface area contributed by atoms with Gasteiger partial charge in [0.25, 0.3) is 0 Å². The van der Waals surface area contributed by atoms with E-state index in [1.54, 1.807) is 24.0 Å². The zero-order valence-electron chi connectivity index (χ0n) is 9.44. The Bertz CT molecular complexity index is 587. The van der Waals surface area contributed by atoms with Crippen LogP contribution in [-0.2, 0) is 18.4 Å². The number of hydrogen-bond donors (Lipinski definition) is 2. The van der Waals surface area contributed by atoms with Crippen LogP contribution in [0.4, 0.5) is 5.82 Å². The number of carboxylic acid groups (broad SMARTS) is 1. The Hall–Kier alpha value is -2.71. The standard InChI is InChI=1S/C9H10N6O3/c1-14-3-2-7(12-14)10-8(16)5-15-4-6(9(17)18)11-13-15/h2-4H,5H2,1H3,(H,17,18)(H,10,12,16). The van der Waals surface area contributed by atoms with Crippen molar-refractivity contribution in [1.82, 2.24) is 24.8 Å². The van der Waals surface area contributed by atoms with E-state index in [-0.39, 0.29) is 18.1 Å². The van der Waals surface area contributed by atoms with Crippen molar-refractivity contribution in [2.75, 3.05) is 5.32 Å². The van der Waals surface area contributed by atoms with Crippen LogP contribution in [0.25, 0.3) is 0 Å². The quantitative estimate of drug-likeness (QED) is 0.745. The van der Waals surface area contributed by atoms with E-state index < -0.39 is 5.97 Å². The van der Waals surface area contributed by atoms with Crippen LogP contribution in [-0.4, -0.2) is 41.8 Å². The van der Waals surface area contributed by atoms with Crippen LogP contribution >= 0.6 is 0 Å². The summed E-state index contributed by atoms with van der Waals surface area (Å²) >= 11 is 0. The molecule has 2 aromatic rings. The lowest BCUT2D eigenvalue weighted by Crippen LogP contribution is -2.19. The van der Waals surface area contributed by atoms with E-state index >= 15 is 0 Å². The van der Waals surface area contributed by atoms with Crippen LogP contribution in [0.5, 0.6) is 0 Å². The third kappa shape index (κ3) is 2.70. The summed E-state index contributed by atoms with van der Waals surface area (Å²) in [5, 5.41) is 22.1. The lowest BCUT2D eigenvalue weighted by atomic mass is 10.5. The number of carboxylic acids is 1. The van der Waals surface area contributed by atoms with Gasteiger partial charge in [0.05, 0.1) is 6.20 Å². The molecule has 0 radical (unpaired) electrons. The Balaban J connectivity index is 1.96. The third-order valence-corrected chi connectivity index (χ3v) is 2.04. The van der Waals surface area contributed by atoms with Crippen molar-refractivity contribution in [2.45, 2.75) is 6.54 Å². The Morgan fingerprint density at radius 2 is 2.28 bits per heavy atom. The first kappa shape index (κ1) is 11.8. The summed E-state index contributed by atoms with van der Waals surface area (Å²) in [6.07, 6.45) is 2.87. The summed E-state index contributed by atoms with van der Waals surface area (Å²) in [4.78, 5) is 22.1. The van der Waals surface area contributed by atoms with Crippen LogP contribution < -0.4 is 5.32 Å². The molecule has 0 saturated carbocycles. The molecule has 0 unspecified atom stereocenters. The number of aromatic carboxylic acids is 1. The van der Waals surface area contributed by atoms with Crippen LogP contribution in [0, 0.1) is 0 Å². The first-order valence-corrected chi connectivity index (χ1v) is 4.97. The fourth-order valence-corrected chi connectivity index (χ4v) is 1.28. The van der Waals surface area contributed by atoms with E-state index in [0.29, 0.717) is 5.82 Å². The highest BCUT2D eigenvalue weighted by molar-refractivity contribution is 5.89. The lowest BCUT2D eigenvalue weighted by molar-refractivity contribution is -0.117. The Morgan fingerprint density at radius 3 is 2.83 bits per heavy atom. The maximum atomic E-state index is 11.6. The van der Waals surface area contributed by atoms with E-state index in [0.717, 1.165) is 4.68 Å². The Kier molecular flexibility index (Phi) is 3.04. The molecule has 2 heterocycles. The molecule has 0 fully saturated rings. The summed E-state index contributed by atoms with van der Waals surface area (Å²) in [5.41, 5.74) is -0.208. The Labute approximate surface area is 101 Å². The average Bonchev–Trinajstić information content (AvgIpc) is 2.88. The molecule has 0 aliphatic carbocycles. The monoisotopic (exact) mass is 250 g/mol. The zero-order valence-corrected chi connectivity index (χ0v) is 9.44. The minimum atomic E-state index is -1.19. The predicted octanol–water partition coefficient (Wildman–Crippen LogP) is -0.652. The van der Waals surface area contributed by atoms with Crippen LogP contribution in [0.2, 0.25) is 0 Å². The first-order chi connectivity index (χ1) is 8.54. The van der Waals surface area contributed by atoms with Gasteiger partial charge in [-0.3, -0.25) is 9.48 Å². The molecule has 2 rings (SSSR count). The van der Waals surface area contributed by atoms with Gasteiger partial charge >= 0.3 is 5.97 Å². The van der Waals surface area contributed by atoms with Crippen LogP contribution in [0.15, 0.2) is 18.5 Å². The van der Waals surface area contributed by atoms with Gasteiger partial charge in [-0.05, 0) is 0 Å². The summed E-state index contributed by atoms with van der Waals surface area (Å²) in [6.45, 7) is -0.128. The molecular formula is C9H10N6O3. The van der Waals surface area contributed by atoms with Crippen molar-refractivity contribution < 1.29 is 14.7 Å². The molecule has 2 aromatic heterocycles. The SMILES string of the molecule is Cn1ccc(NC(=O)Cn2cc(C(=O)O)nn2)n1. The van der Waals surface area contributed by atoms with Crippen molar-refractivity contribution in [3.05, 3.63) is 24.2 Å². The normalized spacial score (nSPS) is 10.3. The summed E-state index contributed by atoms with van der Waals surface area (Å²) in [6, 6.07) is 1.64. The number of aryl methyl sites for hydroxylation is 1. The number of nitrogens with one attached hydrogen (secondary N) is 1. The largest absolute Gasteiger partial charge is 0.476 e. The highest BCUT2D eigenvalue weighted by Crippen LogP contribution is 2.01. The van der Waals surface area contributed by atoms with Gasteiger partial charge in [0.15, 0.2) is 11.5 Å². The number of carbonyl (C=O) groups is 2. The van der Waals surface area contributed by atoms with Crippen LogP contribution in [0.3, 0.4) is 0 Å². The molecule has 0 spiro atoms. The van der Waals surface area contributed by atoms with E-state index in [9.17, 15) is 9.59 Å². The number of hydrogen-bond acceptors (Lipinski definition) is 5. The molecule has 1 amide bonds. The first-order valence-electron chi connectivity index (χ1n) is 4.97. The molecule has 0 aliphatic rings. The molecule has 94 valence electrons. The van der Waals surface area contributed by atoms with Crippen molar-refractivity contribution in [3.63, 3.8) is 0 Å². The number of nitrogens with zero attached hydrogens (tertiary/aromatic N) is 5. The number of aromatic nitrogens is 5. The maximum Gasteiger partial charge on any atom is 0.358 e. The van der Waals surface area contributed by atoms with E-state index in [1.165, 1.54) is 6.20 Å². The number of rotatable bonds is 4. The maximum absolute atomic E-state index is 11.6. The minimum Gasteiger partial charge on any atom is -0.476 e. The van der Waals surface area contributed by atoms with Gasteiger partial charge in [-0.1, -0.05) is 5.21 Å². The van der Waals surface area contributed by atoms with Gasteiger partial charge in [-0.25, -0.2) is 9.48 Å². The molecule has 0 saturated heterocycles. The second-order valence-electron chi connectivity index (χ2n) is 3.53. The van der Waals surface area contributed by atoms with E-state index in [1.807, 2.05) is 0 Å². The van der Waals surface area contributed by atoms with Crippen molar-refractivity contribution >= 4 is 17.7 Å². The Morgan fingerprint density at radius 1 is 1.50 bits per heavy atom. The molecule has 0 aromatic carbocycles. The molecular weight excluding hydrogens is 240 g/mol. The zero-order chi connectivity index (χ0) is 13.1. The molecule has 0 atom stereocenters. The predicted molar refractivity (Wildman–Crippen MR) is 58.8 cm³/mol. The highest BCUT2D eigenvalue weighted by atomic mass is 16.4. The molecule has 9 heteroatoms. The number of carbonyl (C=O) groups excluding carboxylic acids is 1. The highest BCUT2D eigenvalue weighted by Gasteiger charge is 2.11. The van der Waals surface area contributed by atoms with Gasteiger partial charge in [0.1, 0.15) is 6.54 Å². The fourth-order valence-electron chi connectivity index (χ4n) is 1.28. The number of amides is 1. The van der Waals surface area contributed by atoms with Gasteiger partial charge in [0.2, 0.25) is 5.91 Å². The minimum absolute atomic E-state index is 0.128. The van der Waals surface area contributed by atoms with E-state index in [2.05, 4.69) is 20.7 Å². The smallest absolute Gasteiger partial charge is 0.358 e. The molecule has 18 heavy (non-hydrogen) atoms. The lowest BCUT2D eigenvalue weighted by Gasteiger charge is -2.00. The van der Waals surface area contributed by atoms with Crippen molar-refractivity contribution in [1.29, 1.82) is 0 Å². The molecule has 0 aliphatic heterocycles. The van der Waals surface area contributed by atoms with Crippen LogP contribution in [0.1, 0.15) is 10.5 Å². The van der Waals surface area contributed by atoms with Gasteiger partial charge < -0.3 is 10.4 Å². The van der Waals surface area contributed by atoms with Crippen molar-refractivity contribution in [2.24, 2.45) is 7.05 Å². The third-order valence-electron chi connectivity index (χ3n) is 2.04. The van der Waals surface area contributed by atoms with Crippen molar-refractivity contribution in [3.8, 4) is 0 Å². The average molecular weight is 250 g/mol. The number of anilines is 1. The fraction of sp³-hybridized carbons (Fsp3) is 0.222. The summed E-state index contributed by atoms with van der Waals surface area (Å²) in [5.74, 6) is -1.14. The van der Waals surface area contributed by atoms with Gasteiger partial charge in [0, 0.05) is 19.3 Å². The molecule has 0 bridgehead atoms. The second kappa shape index (κ2) is 4.65. The van der Waals surface area contributed by atoms with Gasteiger partial charge in [-0.2, -0.15) is 5.10 Å². The molecule has 9 nitrogen and oxygen atoms in total. The molecule has 2 N–H and O–H groups in total. The topological polar surface area (TPSA) is 115 Å². The summed E-state index contributed by atoms with van der Waals surface area (Å²) < 4.78 is 2.69. The van der Waals surface area contributed by atoms with E-state index in [4.69, 9.17) is 5.11 Å². The summed E-state index contributed by atoms with van der Waals surface area (Å²) in [7, 11) is 1.73. The second-order valence-corrected chi connectivity index (χ2v) is 3.53.